The van der Waals surface area contributed by atoms with Crippen molar-refractivity contribution in [3.63, 3.8) is 0 Å². The van der Waals surface area contributed by atoms with Crippen LogP contribution in [-0.2, 0) is 24.5 Å². The summed E-state index contributed by atoms with van der Waals surface area (Å²) in [7, 11) is 1.45. The van der Waals surface area contributed by atoms with Crippen molar-refractivity contribution in [1.29, 1.82) is 0 Å². The van der Waals surface area contributed by atoms with Crippen LogP contribution in [0.3, 0.4) is 0 Å². The molecule has 2 fully saturated rings. The first-order valence-corrected chi connectivity index (χ1v) is 12.1. The molecule has 0 bridgehead atoms. The van der Waals surface area contributed by atoms with Crippen LogP contribution in [0.15, 0.2) is 30.9 Å². The Labute approximate surface area is 205 Å². The van der Waals surface area contributed by atoms with Gasteiger partial charge in [0.1, 0.15) is 17.4 Å². The van der Waals surface area contributed by atoms with E-state index in [9.17, 15) is 14.4 Å². The number of ether oxygens (including phenoxy) is 2. The number of rotatable bonds is 5. The minimum absolute atomic E-state index is 0.0978. The SMILES string of the molecule is C=CC(C)(C)C1(C[C@H]2NC(=O)[C@@]3(OC)CCCN3C2=O)C(=O)Nc2c1ccc1c2C=CC(C)(C)O1. The van der Waals surface area contributed by atoms with Crippen LogP contribution >= 0.6 is 0 Å². The number of benzene rings is 1. The van der Waals surface area contributed by atoms with Gasteiger partial charge in [-0.25, -0.2) is 0 Å². The molecule has 1 aromatic carbocycles. The van der Waals surface area contributed by atoms with Gasteiger partial charge in [-0.15, -0.1) is 6.58 Å². The van der Waals surface area contributed by atoms with Crippen LogP contribution in [0.5, 0.6) is 5.75 Å². The molecule has 35 heavy (non-hydrogen) atoms. The Morgan fingerprint density at radius 1 is 1.26 bits per heavy atom. The average Bonchev–Trinajstić information content (AvgIpc) is 3.37. The van der Waals surface area contributed by atoms with Crippen LogP contribution in [-0.4, -0.2) is 53.6 Å². The number of hydrogen-bond acceptors (Lipinski definition) is 5. The first kappa shape index (κ1) is 23.6. The van der Waals surface area contributed by atoms with Gasteiger partial charge in [-0.05, 0) is 50.5 Å². The third kappa shape index (κ3) is 3.05. The van der Waals surface area contributed by atoms with E-state index in [1.807, 2.05) is 52.0 Å². The monoisotopic (exact) mass is 479 g/mol. The normalized spacial score (nSPS) is 30.7. The highest BCUT2D eigenvalue weighted by Crippen LogP contribution is 2.56. The zero-order valence-corrected chi connectivity index (χ0v) is 21.0. The third-order valence-corrected chi connectivity index (χ3v) is 8.33. The van der Waals surface area contributed by atoms with Crippen LogP contribution in [0.25, 0.3) is 6.08 Å². The van der Waals surface area contributed by atoms with Crippen molar-refractivity contribution in [2.24, 2.45) is 5.41 Å². The van der Waals surface area contributed by atoms with E-state index in [1.54, 1.807) is 6.08 Å². The van der Waals surface area contributed by atoms with Crippen molar-refractivity contribution in [2.45, 2.75) is 69.7 Å². The average molecular weight is 480 g/mol. The molecule has 8 nitrogen and oxygen atoms in total. The molecule has 1 unspecified atom stereocenters. The maximum atomic E-state index is 13.9. The highest BCUT2D eigenvalue weighted by atomic mass is 16.5. The van der Waals surface area contributed by atoms with Crippen LogP contribution in [0.4, 0.5) is 5.69 Å². The molecule has 0 aliphatic carbocycles. The summed E-state index contributed by atoms with van der Waals surface area (Å²) in [5, 5.41) is 5.98. The summed E-state index contributed by atoms with van der Waals surface area (Å²) in [5.74, 6) is -0.104. The summed E-state index contributed by atoms with van der Waals surface area (Å²) >= 11 is 0. The number of carbonyl (C=O) groups excluding carboxylic acids is 3. The summed E-state index contributed by atoms with van der Waals surface area (Å²) in [6, 6.07) is 2.91. The van der Waals surface area contributed by atoms with Gasteiger partial charge in [-0.1, -0.05) is 26.0 Å². The number of hydrogen-bond donors (Lipinski definition) is 2. The number of allylic oxidation sites excluding steroid dienone is 1. The van der Waals surface area contributed by atoms with Crippen molar-refractivity contribution in [3.05, 3.63) is 42.0 Å². The first-order valence-electron chi connectivity index (χ1n) is 12.1. The maximum Gasteiger partial charge on any atom is 0.274 e. The van der Waals surface area contributed by atoms with E-state index in [0.717, 1.165) is 11.1 Å². The molecule has 0 saturated carbocycles. The molecule has 4 aliphatic rings. The highest BCUT2D eigenvalue weighted by Gasteiger charge is 2.61. The number of carbonyl (C=O) groups is 3. The van der Waals surface area contributed by atoms with Crippen LogP contribution in [0.2, 0.25) is 0 Å². The molecular formula is C27H33N3O5. The van der Waals surface area contributed by atoms with E-state index in [0.29, 0.717) is 30.8 Å². The molecule has 3 atom stereocenters. The largest absolute Gasteiger partial charge is 0.483 e. The minimum Gasteiger partial charge on any atom is -0.483 e. The lowest BCUT2D eigenvalue weighted by Gasteiger charge is -2.47. The fourth-order valence-corrected chi connectivity index (χ4v) is 6.16. The van der Waals surface area contributed by atoms with Gasteiger partial charge in [-0.3, -0.25) is 14.4 Å². The molecule has 5 rings (SSSR count). The van der Waals surface area contributed by atoms with Gasteiger partial charge >= 0.3 is 0 Å². The Morgan fingerprint density at radius 2 is 2.00 bits per heavy atom. The molecule has 0 aromatic heterocycles. The molecule has 8 heteroatoms. The lowest BCUT2D eigenvalue weighted by Crippen LogP contribution is -2.70. The van der Waals surface area contributed by atoms with Crippen molar-refractivity contribution in [1.82, 2.24) is 10.2 Å². The minimum atomic E-state index is -1.27. The number of piperazine rings is 1. The highest BCUT2D eigenvalue weighted by molar-refractivity contribution is 6.10. The number of amides is 3. The molecule has 4 aliphatic heterocycles. The Bertz CT molecular complexity index is 1190. The molecule has 0 radical (unpaired) electrons. The number of nitrogens with one attached hydrogen (secondary N) is 2. The Kier molecular flexibility index (Phi) is 5.01. The summed E-state index contributed by atoms with van der Waals surface area (Å²) in [6.45, 7) is 12.3. The van der Waals surface area contributed by atoms with E-state index >= 15 is 0 Å². The topological polar surface area (TPSA) is 97.0 Å². The molecule has 3 amide bonds. The second-order valence-electron chi connectivity index (χ2n) is 11.0. The molecule has 2 saturated heterocycles. The van der Waals surface area contributed by atoms with Crippen molar-refractivity contribution in [3.8, 4) is 5.75 Å². The molecule has 0 spiro atoms. The molecule has 1 aromatic rings. The van der Waals surface area contributed by atoms with E-state index in [-0.39, 0.29) is 24.1 Å². The van der Waals surface area contributed by atoms with Crippen LogP contribution < -0.4 is 15.4 Å². The smallest absolute Gasteiger partial charge is 0.274 e. The van der Waals surface area contributed by atoms with Crippen molar-refractivity contribution < 1.29 is 23.9 Å². The quantitative estimate of drug-likeness (QED) is 0.633. The molecule has 4 heterocycles. The van der Waals surface area contributed by atoms with Gasteiger partial charge in [0.25, 0.3) is 5.91 Å². The van der Waals surface area contributed by atoms with E-state index in [4.69, 9.17) is 9.47 Å². The summed E-state index contributed by atoms with van der Waals surface area (Å²) in [6.07, 6.45) is 6.92. The molecular weight excluding hydrogens is 446 g/mol. The Balaban J connectivity index is 1.61. The van der Waals surface area contributed by atoms with E-state index in [1.165, 1.54) is 12.0 Å². The lowest BCUT2D eigenvalue weighted by molar-refractivity contribution is -0.184. The standard InChI is InChI=1S/C27H33N3O5/c1-7-24(2,3)26(15-18-21(31)30-14-8-12-27(30,34-6)23(33)28-18)17-9-10-19-16(20(17)29-22(26)32)11-13-25(4,5)35-19/h7,9-11,13,18H,1,8,12,14-15H2,2-6H3,(H,28,33)(H,29,32)/t18-,26?,27+/m1/s1. The second-order valence-corrected chi connectivity index (χ2v) is 11.0. The predicted molar refractivity (Wildman–Crippen MR) is 132 cm³/mol. The lowest BCUT2D eigenvalue weighted by atomic mass is 9.59. The Hall–Kier alpha value is -3.13. The second kappa shape index (κ2) is 7.43. The number of methoxy groups -OCH3 is 1. The number of fused-ring (bicyclic) bond motifs is 4. The first-order chi connectivity index (χ1) is 16.4. The fourth-order valence-electron chi connectivity index (χ4n) is 6.16. The summed E-state index contributed by atoms with van der Waals surface area (Å²) in [5.41, 5.74) is -1.35. The van der Waals surface area contributed by atoms with E-state index < -0.39 is 28.2 Å². The summed E-state index contributed by atoms with van der Waals surface area (Å²) in [4.78, 5) is 42.2. The van der Waals surface area contributed by atoms with Crippen LogP contribution in [0.1, 0.15) is 58.1 Å². The third-order valence-electron chi connectivity index (χ3n) is 8.33. The molecule has 186 valence electrons. The fraction of sp³-hybridized carbons (Fsp3) is 0.519. The van der Waals surface area contributed by atoms with Gasteiger partial charge in [-0.2, -0.15) is 0 Å². The zero-order chi connectivity index (χ0) is 25.4. The van der Waals surface area contributed by atoms with Gasteiger partial charge in [0.2, 0.25) is 17.5 Å². The predicted octanol–water partition coefficient (Wildman–Crippen LogP) is 3.13. The maximum absolute atomic E-state index is 13.9. The van der Waals surface area contributed by atoms with Gasteiger partial charge in [0.15, 0.2) is 0 Å². The Morgan fingerprint density at radius 3 is 2.69 bits per heavy atom. The van der Waals surface area contributed by atoms with Gasteiger partial charge < -0.3 is 25.0 Å². The van der Waals surface area contributed by atoms with Gasteiger partial charge in [0, 0.05) is 31.1 Å². The van der Waals surface area contributed by atoms with Crippen molar-refractivity contribution in [2.75, 3.05) is 19.0 Å². The van der Waals surface area contributed by atoms with Gasteiger partial charge in [0.05, 0.1) is 11.1 Å². The number of nitrogens with zero attached hydrogens (tertiary/aromatic N) is 1. The number of anilines is 1. The zero-order valence-electron chi connectivity index (χ0n) is 21.0. The van der Waals surface area contributed by atoms with Crippen molar-refractivity contribution >= 4 is 29.5 Å². The van der Waals surface area contributed by atoms with Crippen LogP contribution in [0, 0.1) is 5.41 Å². The summed E-state index contributed by atoms with van der Waals surface area (Å²) < 4.78 is 11.7. The molecule has 2 N–H and O–H groups in total. The van der Waals surface area contributed by atoms with E-state index in [2.05, 4.69) is 17.2 Å².